The molecule has 0 saturated carbocycles. The number of cyclic esters (lactones) is 1. The summed E-state index contributed by atoms with van der Waals surface area (Å²) in [4.78, 5) is 10.4. The Morgan fingerprint density at radius 3 is 2.50 bits per heavy atom. The van der Waals surface area contributed by atoms with Gasteiger partial charge >= 0.3 is 5.97 Å². The van der Waals surface area contributed by atoms with Gasteiger partial charge in [-0.3, -0.25) is 0 Å². The molecule has 1 aliphatic heterocycles. The third kappa shape index (κ3) is 0.713. The molecule has 1 heterocycles. The summed E-state index contributed by atoms with van der Waals surface area (Å²) in [5, 5.41) is 0.241. The summed E-state index contributed by atoms with van der Waals surface area (Å²) in [6.45, 7) is 2.13. The molecule has 0 radical (unpaired) electrons. The summed E-state index contributed by atoms with van der Waals surface area (Å²) in [5.41, 5.74) is 0.816. The third-order valence-electron chi connectivity index (χ3n) is 0.974. The Morgan fingerprint density at radius 1 is 1.75 bits per heavy atom. The molecule has 0 saturated heterocycles. The van der Waals surface area contributed by atoms with Crippen LogP contribution in [0.5, 0.6) is 0 Å². The first kappa shape index (κ1) is 5.63. The zero-order chi connectivity index (χ0) is 6.15. The number of carbonyl (C=O) groups is 1. The average Bonchev–Trinajstić information content (AvgIpc) is 1.98. The molecule has 0 aliphatic carbocycles. The largest absolute Gasteiger partial charge is 0.457 e. The van der Waals surface area contributed by atoms with Crippen molar-refractivity contribution in [3.63, 3.8) is 0 Å². The van der Waals surface area contributed by atoms with Gasteiger partial charge in [-0.1, -0.05) is 11.6 Å². The quantitative estimate of drug-likeness (QED) is 0.461. The van der Waals surface area contributed by atoms with E-state index in [0.717, 1.165) is 5.57 Å². The van der Waals surface area contributed by atoms with Crippen LogP contribution in [0.3, 0.4) is 0 Å². The summed E-state index contributed by atoms with van der Waals surface area (Å²) in [5.74, 6) is -0.399. The maximum absolute atomic E-state index is 10.4. The maximum Gasteiger partial charge on any atom is 0.350 e. The lowest BCUT2D eigenvalue weighted by atomic mass is 10.3. The van der Waals surface area contributed by atoms with Crippen molar-refractivity contribution >= 4 is 17.6 Å². The van der Waals surface area contributed by atoms with Crippen molar-refractivity contribution in [2.75, 3.05) is 6.61 Å². The van der Waals surface area contributed by atoms with Crippen molar-refractivity contribution in [1.82, 2.24) is 0 Å². The highest BCUT2D eigenvalue weighted by Gasteiger charge is 2.18. The number of rotatable bonds is 0. The van der Waals surface area contributed by atoms with E-state index in [4.69, 9.17) is 11.6 Å². The van der Waals surface area contributed by atoms with Gasteiger partial charge in [-0.05, 0) is 12.5 Å². The minimum Gasteiger partial charge on any atom is -0.457 e. The molecule has 0 aromatic carbocycles. The molecule has 3 heteroatoms. The topological polar surface area (TPSA) is 26.3 Å². The van der Waals surface area contributed by atoms with Crippen LogP contribution in [-0.2, 0) is 9.53 Å². The van der Waals surface area contributed by atoms with Crippen LogP contribution in [0.2, 0.25) is 0 Å². The number of halogens is 1. The number of hydrogen-bond acceptors (Lipinski definition) is 2. The second kappa shape index (κ2) is 1.78. The van der Waals surface area contributed by atoms with Gasteiger partial charge in [0.25, 0.3) is 0 Å². The molecule has 0 aromatic heterocycles. The van der Waals surface area contributed by atoms with Crippen LogP contribution in [0.1, 0.15) is 6.92 Å². The van der Waals surface area contributed by atoms with Crippen molar-refractivity contribution < 1.29 is 9.53 Å². The highest BCUT2D eigenvalue weighted by atomic mass is 35.5. The summed E-state index contributed by atoms with van der Waals surface area (Å²) in [6.07, 6.45) is 0. The van der Waals surface area contributed by atoms with Crippen LogP contribution in [-0.4, -0.2) is 12.6 Å². The third-order valence-corrected chi connectivity index (χ3v) is 1.45. The van der Waals surface area contributed by atoms with E-state index in [1.54, 1.807) is 6.92 Å². The first-order chi connectivity index (χ1) is 3.72. The van der Waals surface area contributed by atoms with Crippen LogP contribution < -0.4 is 0 Å². The molecule has 0 amide bonds. The number of esters is 1. The smallest absolute Gasteiger partial charge is 0.350 e. The molecule has 0 atom stereocenters. The Bertz CT molecular complexity index is 160. The molecule has 1 rings (SSSR count). The molecular formula is C5H5ClO2. The fourth-order valence-corrected chi connectivity index (χ4v) is 0.584. The Kier molecular flexibility index (Phi) is 1.26. The molecule has 0 aromatic rings. The summed E-state index contributed by atoms with van der Waals surface area (Å²) in [6, 6.07) is 0. The minimum atomic E-state index is -0.399. The van der Waals surface area contributed by atoms with E-state index >= 15 is 0 Å². The Morgan fingerprint density at radius 2 is 2.38 bits per heavy atom. The van der Waals surface area contributed by atoms with E-state index in [-0.39, 0.29) is 5.03 Å². The first-order valence-corrected chi connectivity index (χ1v) is 2.62. The van der Waals surface area contributed by atoms with Crippen LogP contribution in [0, 0.1) is 0 Å². The number of carbonyl (C=O) groups excluding carboxylic acids is 1. The van der Waals surface area contributed by atoms with E-state index in [1.165, 1.54) is 0 Å². The summed E-state index contributed by atoms with van der Waals surface area (Å²) in [7, 11) is 0. The van der Waals surface area contributed by atoms with Crippen LogP contribution in [0.4, 0.5) is 0 Å². The maximum atomic E-state index is 10.4. The van der Waals surface area contributed by atoms with E-state index in [9.17, 15) is 4.79 Å². The Balaban J connectivity index is 2.86. The second-order valence-electron chi connectivity index (χ2n) is 1.67. The fraction of sp³-hybridized carbons (Fsp3) is 0.400. The van der Waals surface area contributed by atoms with Gasteiger partial charge in [0.1, 0.15) is 11.6 Å². The lowest BCUT2D eigenvalue weighted by Gasteiger charge is -1.85. The molecule has 0 N–H and O–H groups in total. The molecule has 0 bridgehead atoms. The van der Waals surface area contributed by atoms with Crippen molar-refractivity contribution in [3.05, 3.63) is 10.6 Å². The molecule has 0 unspecified atom stereocenters. The second-order valence-corrected chi connectivity index (χ2v) is 2.05. The molecule has 0 fully saturated rings. The van der Waals surface area contributed by atoms with Crippen LogP contribution in [0.25, 0.3) is 0 Å². The molecule has 2 nitrogen and oxygen atoms in total. The van der Waals surface area contributed by atoms with Crippen LogP contribution in [0.15, 0.2) is 10.6 Å². The van der Waals surface area contributed by atoms with Crippen LogP contribution >= 0.6 is 11.6 Å². The van der Waals surface area contributed by atoms with Gasteiger partial charge in [0.15, 0.2) is 0 Å². The lowest BCUT2D eigenvalue weighted by molar-refractivity contribution is -0.135. The Labute approximate surface area is 52.1 Å². The number of hydrogen-bond donors (Lipinski definition) is 0. The van der Waals surface area contributed by atoms with E-state index in [2.05, 4.69) is 4.74 Å². The van der Waals surface area contributed by atoms with Crippen molar-refractivity contribution in [1.29, 1.82) is 0 Å². The highest BCUT2D eigenvalue weighted by molar-refractivity contribution is 6.42. The number of ether oxygens (including phenoxy) is 1. The Hall–Kier alpha value is -0.500. The molecule has 8 heavy (non-hydrogen) atoms. The van der Waals surface area contributed by atoms with Gasteiger partial charge in [0.05, 0.1) is 0 Å². The van der Waals surface area contributed by atoms with Gasteiger partial charge < -0.3 is 4.74 Å². The summed E-state index contributed by atoms with van der Waals surface area (Å²) < 4.78 is 4.53. The molecule has 44 valence electrons. The van der Waals surface area contributed by atoms with Crippen molar-refractivity contribution in [3.8, 4) is 0 Å². The van der Waals surface area contributed by atoms with Gasteiger partial charge in [-0.2, -0.15) is 0 Å². The standard InChI is InChI=1S/C5H5ClO2/c1-3-2-8-5(7)4(3)6/h2H2,1H3. The van der Waals surface area contributed by atoms with Crippen molar-refractivity contribution in [2.45, 2.75) is 6.92 Å². The van der Waals surface area contributed by atoms with Gasteiger partial charge in [0.2, 0.25) is 0 Å². The SMILES string of the molecule is CC1=C(Cl)C(=O)OC1. The van der Waals surface area contributed by atoms with Gasteiger partial charge in [-0.25, -0.2) is 4.79 Å². The average molecular weight is 133 g/mol. The lowest BCUT2D eigenvalue weighted by Crippen LogP contribution is -1.93. The molecule has 0 spiro atoms. The fourth-order valence-electron chi connectivity index (χ4n) is 0.475. The van der Waals surface area contributed by atoms with E-state index < -0.39 is 5.97 Å². The van der Waals surface area contributed by atoms with Gasteiger partial charge in [-0.15, -0.1) is 0 Å². The zero-order valence-electron chi connectivity index (χ0n) is 4.40. The molecule has 1 aliphatic rings. The monoisotopic (exact) mass is 132 g/mol. The van der Waals surface area contributed by atoms with E-state index in [1.807, 2.05) is 0 Å². The normalized spacial score (nSPS) is 19.5. The van der Waals surface area contributed by atoms with Gasteiger partial charge in [0, 0.05) is 0 Å². The zero-order valence-corrected chi connectivity index (χ0v) is 5.16. The summed E-state index contributed by atoms with van der Waals surface area (Å²) >= 11 is 5.42. The van der Waals surface area contributed by atoms with Crippen molar-refractivity contribution in [2.24, 2.45) is 0 Å². The predicted octanol–water partition coefficient (Wildman–Crippen LogP) is 1.06. The van der Waals surface area contributed by atoms with E-state index in [0.29, 0.717) is 6.61 Å². The predicted molar refractivity (Wildman–Crippen MR) is 29.5 cm³/mol. The first-order valence-electron chi connectivity index (χ1n) is 2.24. The minimum absolute atomic E-state index is 0.241. The molecular weight excluding hydrogens is 128 g/mol. The highest BCUT2D eigenvalue weighted by Crippen LogP contribution is 2.17.